The van der Waals surface area contributed by atoms with E-state index in [0.29, 0.717) is 6.42 Å². The van der Waals surface area contributed by atoms with Crippen molar-refractivity contribution in [3.05, 3.63) is 47.9 Å². The van der Waals surface area contributed by atoms with Gasteiger partial charge < -0.3 is 15.0 Å². The third kappa shape index (κ3) is 5.61. The number of amides is 1. The maximum Gasteiger partial charge on any atom is 0.490 e. The van der Waals surface area contributed by atoms with E-state index >= 15 is 0 Å². The van der Waals surface area contributed by atoms with Crippen LogP contribution in [0.15, 0.2) is 36.5 Å². The number of anilines is 1. The number of hydrogen-bond donors (Lipinski definition) is 2. The third-order valence-electron chi connectivity index (χ3n) is 3.71. The number of fused-ring (bicyclic) bond motifs is 1. The molecule has 1 amide bonds. The number of nitrogens with one attached hydrogen (secondary N) is 1. The number of aromatic nitrogens is 2. The Morgan fingerprint density at radius 1 is 1.23 bits per heavy atom. The van der Waals surface area contributed by atoms with Crippen LogP contribution in [0.5, 0.6) is 0 Å². The molecule has 0 aliphatic carbocycles. The zero-order chi connectivity index (χ0) is 19.2. The molecule has 0 unspecified atom stereocenters. The van der Waals surface area contributed by atoms with Crippen LogP contribution in [0.25, 0.3) is 0 Å². The molecule has 0 bridgehead atoms. The molecule has 6 nitrogen and oxygen atoms in total. The molecule has 1 aromatic carbocycles. The average Bonchev–Trinajstić information content (AvgIpc) is 3.19. The molecule has 1 aromatic heterocycles. The molecule has 0 saturated heterocycles. The highest BCUT2D eigenvalue weighted by molar-refractivity contribution is 5.90. The summed E-state index contributed by atoms with van der Waals surface area (Å²) in [5, 5.41) is 10.1. The number of nitrogens with zero attached hydrogens (tertiary/aromatic N) is 2. The van der Waals surface area contributed by atoms with Gasteiger partial charge in [-0.1, -0.05) is 30.3 Å². The molecule has 9 heteroatoms. The number of carboxylic acids is 1. The molecule has 0 saturated carbocycles. The number of carbonyl (C=O) groups excluding carboxylic acids is 1. The highest BCUT2D eigenvalue weighted by Crippen LogP contribution is 2.20. The number of benzene rings is 1. The van der Waals surface area contributed by atoms with Crippen LogP contribution in [0.2, 0.25) is 0 Å². The fraction of sp³-hybridized carbons (Fsp3) is 0.353. The number of aryl methyl sites for hydroxylation is 2. The summed E-state index contributed by atoms with van der Waals surface area (Å²) < 4.78 is 33.8. The fourth-order valence-corrected chi connectivity index (χ4v) is 2.47. The Bertz CT molecular complexity index is 758. The predicted molar refractivity (Wildman–Crippen MR) is 87.6 cm³/mol. The number of hydrogen-bond acceptors (Lipinski definition) is 3. The topological polar surface area (TPSA) is 84.2 Å². The first-order valence-electron chi connectivity index (χ1n) is 7.95. The summed E-state index contributed by atoms with van der Waals surface area (Å²) in [6, 6.07) is 10.1. The van der Waals surface area contributed by atoms with E-state index in [-0.39, 0.29) is 5.91 Å². The van der Waals surface area contributed by atoms with Crippen molar-refractivity contribution in [3.8, 4) is 0 Å². The third-order valence-corrected chi connectivity index (χ3v) is 3.71. The molecular formula is C17H18F3N3O3. The van der Waals surface area contributed by atoms with Crippen LogP contribution in [0, 0.1) is 0 Å². The van der Waals surface area contributed by atoms with Crippen LogP contribution in [0.3, 0.4) is 0 Å². The number of halogens is 3. The van der Waals surface area contributed by atoms with Crippen molar-refractivity contribution in [1.29, 1.82) is 0 Å². The summed E-state index contributed by atoms with van der Waals surface area (Å²) in [6.07, 6.45) is 0.0864. The van der Waals surface area contributed by atoms with E-state index in [2.05, 4.69) is 14.9 Å². The summed E-state index contributed by atoms with van der Waals surface area (Å²) in [5.74, 6) is -0.783. The summed E-state index contributed by atoms with van der Waals surface area (Å²) in [6.45, 7) is 0.962. The molecule has 140 valence electrons. The zero-order valence-electron chi connectivity index (χ0n) is 13.8. The van der Waals surface area contributed by atoms with Gasteiger partial charge in [-0.3, -0.25) is 4.79 Å². The van der Waals surface area contributed by atoms with E-state index in [0.717, 1.165) is 37.4 Å². The Morgan fingerprint density at radius 2 is 1.88 bits per heavy atom. The van der Waals surface area contributed by atoms with Crippen LogP contribution in [0.4, 0.5) is 19.0 Å². The SMILES string of the molecule is O=C(CCc1ccccc1)Nc1cnc2n1CCC2.O=C(O)C(F)(F)F. The maximum atomic E-state index is 11.9. The largest absolute Gasteiger partial charge is 0.490 e. The summed E-state index contributed by atoms with van der Waals surface area (Å²) in [7, 11) is 0. The standard InChI is InChI=1S/C15H17N3O.C2HF3O2/c19-15(9-8-12-5-2-1-3-6-12)17-14-11-16-13-7-4-10-18(13)14;3-2(4,5)1(6)7/h1-3,5-6,11H,4,7-10H2,(H,17,19);(H,6,7). The van der Waals surface area contributed by atoms with Gasteiger partial charge in [0.05, 0.1) is 6.20 Å². The van der Waals surface area contributed by atoms with Gasteiger partial charge in [0.1, 0.15) is 11.6 Å². The quantitative estimate of drug-likeness (QED) is 0.868. The van der Waals surface area contributed by atoms with Crippen LogP contribution < -0.4 is 5.32 Å². The lowest BCUT2D eigenvalue weighted by atomic mass is 10.1. The average molecular weight is 369 g/mol. The second-order valence-corrected chi connectivity index (χ2v) is 5.65. The minimum Gasteiger partial charge on any atom is -0.475 e. The van der Waals surface area contributed by atoms with Gasteiger partial charge in [0.2, 0.25) is 5.91 Å². The molecule has 0 radical (unpaired) electrons. The Hall–Kier alpha value is -2.84. The van der Waals surface area contributed by atoms with Crippen LogP contribution in [-0.4, -0.2) is 32.7 Å². The summed E-state index contributed by atoms with van der Waals surface area (Å²) in [5.41, 5.74) is 1.19. The van der Waals surface area contributed by atoms with Crippen molar-refractivity contribution in [2.45, 2.75) is 38.4 Å². The number of carbonyl (C=O) groups is 2. The van der Waals surface area contributed by atoms with Gasteiger partial charge >= 0.3 is 12.1 Å². The highest BCUT2D eigenvalue weighted by Gasteiger charge is 2.38. The fourth-order valence-electron chi connectivity index (χ4n) is 2.47. The smallest absolute Gasteiger partial charge is 0.475 e. The molecule has 2 aromatic rings. The molecule has 0 fully saturated rings. The lowest BCUT2D eigenvalue weighted by Crippen LogP contribution is -2.21. The summed E-state index contributed by atoms with van der Waals surface area (Å²) >= 11 is 0. The number of alkyl halides is 3. The normalized spacial score (nSPS) is 12.7. The number of carboxylic acid groups (broad SMARTS) is 1. The van der Waals surface area contributed by atoms with Gasteiger partial charge in [0.25, 0.3) is 0 Å². The highest BCUT2D eigenvalue weighted by atomic mass is 19.4. The molecular weight excluding hydrogens is 351 g/mol. The van der Waals surface area contributed by atoms with Crippen molar-refractivity contribution in [2.24, 2.45) is 0 Å². The number of imidazole rings is 1. The van der Waals surface area contributed by atoms with Crippen molar-refractivity contribution in [2.75, 3.05) is 5.32 Å². The Balaban J connectivity index is 0.000000298. The molecule has 3 rings (SSSR count). The zero-order valence-corrected chi connectivity index (χ0v) is 13.8. The predicted octanol–water partition coefficient (Wildman–Crippen LogP) is 3.03. The Labute approximate surface area is 147 Å². The maximum absolute atomic E-state index is 11.9. The monoisotopic (exact) mass is 369 g/mol. The van der Waals surface area contributed by atoms with E-state index in [1.54, 1.807) is 6.20 Å². The Kier molecular flexibility index (Phi) is 6.37. The van der Waals surface area contributed by atoms with Crippen LogP contribution >= 0.6 is 0 Å². The van der Waals surface area contributed by atoms with Gasteiger partial charge in [-0.05, 0) is 18.4 Å². The molecule has 2 N–H and O–H groups in total. The second-order valence-electron chi connectivity index (χ2n) is 5.65. The van der Waals surface area contributed by atoms with Crippen LogP contribution in [0.1, 0.15) is 24.2 Å². The minimum absolute atomic E-state index is 0.0541. The first-order chi connectivity index (χ1) is 12.3. The first-order valence-corrected chi connectivity index (χ1v) is 7.95. The molecule has 0 spiro atoms. The van der Waals surface area contributed by atoms with Gasteiger partial charge in [-0.15, -0.1) is 0 Å². The lowest BCUT2D eigenvalue weighted by Gasteiger charge is -2.07. The lowest BCUT2D eigenvalue weighted by molar-refractivity contribution is -0.192. The first kappa shape index (κ1) is 19.5. The van der Waals surface area contributed by atoms with Crippen molar-refractivity contribution in [3.63, 3.8) is 0 Å². The molecule has 1 aliphatic heterocycles. The van der Waals surface area contributed by atoms with Crippen LogP contribution in [-0.2, 0) is 29.0 Å². The molecule has 0 atom stereocenters. The van der Waals surface area contributed by atoms with Gasteiger partial charge in [-0.25, -0.2) is 9.78 Å². The van der Waals surface area contributed by atoms with E-state index in [9.17, 15) is 18.0 Å². The van der Waals surface area contributed by atoms with Gasteiger partial charge in [-0.2, -0.15) is 13.2 Å². The van der Waals surface area contributed by atoms with Crippen molar-refractivity contribution in [1.82, 2.24) is 9.55 Å². The second kappa shape index (κ2) is 8.50. The number of rotatable bonds is 4. The van der Waals surface area contributed by atoms with E-state index < -0.39 is 12.1 Å². The molecule has 1 aliphatic rings. The van der Waals surface area contributed by atoms with Gasteiger partial charge in [0.15, 0.2) is 0 Å². The minimum atomic E-state index is -5.08. The van der Waals surface area contributed by atoms with E-state index in [1.807, 2.05) is 30.3 Å². The van der Waals surface area contributed by atoms with E-state index in [4.69, 9.17) is 9.90 Å². The van der Waals surface area contributed by atoms with E-state index in [1.165, 1.54) is 5.56 Å². The molecule has 2 heterocycles. The molecule has 26 heavy (non-hydrogen) atoms. The van der Waals surface area contributed by atoms with Crippen molar-refractivity contribution >= 4 is 17.7 Å². The van der Waals surface area contributed by atoms with Gasteiger partial charge in [0, 0.05) is 19.4 Å². The van der Waals surface area contributed by atoms with Crippen molar-refractivity contribution < 1.29 is 27.9 Å². The summed E-state index contributed by atoms with van der Waals surface area (Å²) in [4.78, 5) is 25.1. The Morgan fingerprint density at radius 3 is 2.50 bits per heavy atom. The number of aliphatic carboxylic acids is 1.